The van der Waals surface area contributed by atoms with E-state index < -0.39 is 0 Å². The third-order valence-corrected chi connectivity index (χ3v) is 4.28. The van der Waals surface area contributed by atoms with Crippen LogP contribution in [0.5, 0.6) is 5.75 Å². The van der Waals surface area contributed by atoms with Gasteiger partial charge in [-0.1, -0.05) is 49.4 Å². The van der Waals surface area contributed by atoms with E-state index in [9.17, 15) is 4.79 Å². The van der Waals surface area contributed by atoms with Gasteiger partial charge in [-0.05, 0) is 47.0 Å². The molecule has 0 fully saturated rings. The molecule has 2 nitrogen and oxygen atoms in total. The molecule has 23 heavy (non-hydrogen) atoms. The molecule has 0 saturated heterocycles. The number of hydrogen-bond acceptors (Lipinski definition) is 2. The number of fused-ring (bicyclic) bond motifs is 1. The van der Waals surface area contributed by atoms with Gasteiger partial charge >= 0.3 is 0 Å². The number of Topliss-reactive ketones (excluding diaryl/α,β-unsaturated/α-hetero) is 1. The van der Waals surface area contributed by atoms with Gasteiger partial charge in [-0.2, -0.15) is 0 Å². The average molecular weight is 304 g/mol. The van der Waals surface area contributed by atoms with Crippen LogP contribution in [0.4, 0.5) is 0 Å². The molecular formula is C21H20O2. The summed E-state index contributed by atoms with van der Waals surface area (Å²) in [5.41, 5.74) is 1.80. The van der Waals surface area contributed by atoms with Gasteiger partial charge in [0.15, 0.2) is 5.78 Å². The van der Waals surface area contributed by atoms with Crippen LogP contribution in [0.2, 0.25) is 0 Å². The second kappa shape index (κ2) is 6.66. The molecule has 1 unspecified atom stereocenters. The molecule has 0 aliphatic carbocycles. The van der Waals surface area contributed by atoms with E-state index in [2.05, 4.69) is 37.3 Å². The van der Waals surface area contributed by atoms with Crippen molar-refractivity contribution in [2.45, 2.75) is 19.3 Å². The Bertz CT molecular complexity index is 819. The van der Waals surface area contributed by atoms with Gasteiger partial charge in [-0.3, -0.25) is 4.79 Å². The molecule has 0 aromatic heterocycles. The van der Waals surface area contributed by atoms with Gasteiger partial charge in [0.1, 0.15) is 5.75 Å². The quantitative estimate of drug-likeness (QED) is 0.604. The lowest BCUT2D eigenvalue weighted by atomic mass is 9.87. The third kappa shape index (κ3) is 3.11. The SMILES string of the molecule is CCC(C(=O)c1ccc(OC)cc1)c1ccc2ccccc2c1. The molecule has 0 heterocycles. The van der Waals surface area contributed by atoms with Crippen molar-refractivity contribution in [3.63, 3.8) is 0 Å². The molecule has 0 aliphatic rings. The number of carbonyl (C=O) groups excluding carboxylic acids is 1. The molecule has 3 aromatic carbocycles. The first-order valence-electron chi connectivity index (χ1n) is 7.90. The lowest BCUT2D eigenvalue weighted by molar-refractivity contribution is 0.0957. The van der Waals surface area contributed by atoms with Crippen LogP contribution in [0, 0.1) is 0 Å². The second-order valence-electron chi connectivity index (χ2n) is 5.66. The standard InChI is InChI=1S/C21H20O2/c1-3-20(21(22)16-10-12-19(23-2)13-11-16)18-9-8-15-6-4-5-7-17(15)14-18/h4-14,20H,3H2,1-2H3. The van der Waals surface area contributed by atoms with E-state index in [1.807, 2.05) is 36.4 Å². The normalized spacial score (nSPS) is 12.1. The number of rotatable bonds is 5. The van der Waals surface area contributed by atoms with Gasteiger partial charge in [-0.15, -0.1) is 0 Å². The Morgan fingerprint density at radius 1 is 0.957 bits per heavy atom. The van der Waals surface area contributed by atoms with E-state index >= 15 is 0 Å². The van der Waals surface area contributed by atoms with Crippen molar-refractivity contribution in [3.8, 4) is 5.75 Å². The van der Waals surface area contributed by atoms with E-state index in [1.54, 1.807) is 7.11 Å². The predicted octanol–water partition coefficient (Wildman–Crippen LogP) is 5.22. The van der Waals surface area contributed by atoms with Crippen LogP contribution in [0.25, 0.3) is 10.8 Å². The van der Waals surface area contributed by atoms with E-state index in [1.165, 1.54) is 10.8 Å². The van der Waals surface area contributed by atoms with Crippen molar-refractivity contribution in [1.29, 1.82) is 0 Å². The van der Waals surface area contributed by atoms with Gasteiger partial charge in [0.2, 0.25) is 0 Å². The molecule has 0 spiro atoms. The third-order valence-electron chi connectivity index (χ3n) is 4.28. The summed E-state index contributed by atoms with van der Waals surface area (Å²) in [5, 5.41) is 2.37. The van der Waals surface area contributed by atoms with E-state index in [4.69, 9.17) is 4.74 Å². The maximum atomic E-state index is 12.9. The summed E-state index contributed by atoms with van der Waals surface area (Å²) in [4.78, 5) is 12.9. The molecule has 1 atom stereocenters. The Balaban J connectivity index is 1.94. The largest absolute Gasteiger partial charge is 0.497 e. The highest BCUT2D eigenvalue weighted by Crippen LogP contribution is 2.28. The van der Waals surface area contributed by atoms with Crippen LogP contribution in [-0.2, 0) is 0 Å². The zero-order chi connectivity index (χ0) is 16.2. The maximum absolute atomic E-state index is 12.9. The summed E-state index contributed by atoms with van der Waals surface area (Å²) in [6, 6.07) is 21.9. The Kier molecular flexibility index (Phi) is 4.42. The molecular weight excluding hydrogens is 284 g/mol. The Morgan fingerprint density at radius 2 is 1.65 bits per heavy atom. The molecule has 2 heteroatoms. The van der Waals surface area contributed by atoms with Crippen LogP contribution < -0.4 is 4.74 Å². The fraction of sp³-hybridized carbons (Fsp3) is 0.190. The lowest BCUT2D eigenvalue weighted by Crippen LogP contribution is -2.12. The summed E-state index contributed by atoms with van der Waals surface area (Å²) in [7, 11) is 1.63. The monoisotopic (exact) mass is 304 g/mol. The minimum absolute atomic E-state index is 0.118. The van der Waals surface area contributed by atoms with Crippen molar-refractivity contribution in [2.24, 2.45) is 0 Å². The van der Waals surface area contributed by atoms with Crippen LogP contribution in [0.1, 0.15) is 35.2 Å². The first-order valence-corrected chi connectivity index (χ1v) is 7.90. The Labute approximate surface area is 136 Å². The fourth-order valence-corrected chi connectivity index (χ4v) is 2.95. The molecule has 3 rings (SSSR count). The topological polar surface area (TPSA) is 26.3 Å². The minimum atomic E-state index is -0.118. The van der Waals surface area contributed by atoms with Gasteiger partial charge in [0.05, 0.1) is 7.11 Å². The Morgan fingerprint density at radius 3 is 2.30 bits per heavy atom. The van der Waals surface area contributed by atoms with Crippen molar-refractivity contribution >= 4 is 16.6 Å². The first kappa shape index (κ1) is 15.3. The molecule has 0 saturated carbocycles. The zero-order valence-corrected chi connectivity index (χ0v) is 13.5. The second-order valence-corrected chi connectivity index (χ2v) is 5.66. The maximum Gasteiger partial charge on any atom is 0.170 e. The molecule has 0 aliphatic heterocycles. The van der Waals surface area contributed by atoms with Gasteiger partial charge in [-0.25, -0.2) is 0 Å². The van der Waals surface area contributed by atoms with Gasteiger partial charge in [0.25, 0.3) is 0 Å². The van der Waals surface area contributed by atoms with E-state index in [0.29, 0.717) is 0 Å². The Hall–Kier alpha value is -2.61. The van der Waals surface area contributed by atoms with Gasteiger partial charge in [0, 0.05) is 11.5 Å². The molecule has 0 amide bonds. The lowest BCUT2D eigenvalue weighted by Gasteiger charge is -2.15. The fourth-order valence-electron chi connectivity index (χ4n) is 2.95. The van der Waals surface area contributed by atoms with Crippen molar-refractivity contribution in [2.75, 3.05) is 7.11 Å². The zero-order valence-electron chi connectivity index (χ0n) is 13.5. The summed E-state index contributed by atoms with van der Waals surface area (Å²) >= 11 is 0. The number of benzene rings is 3. The number of methoxy groups -OCH3 is 1. The number of ether oxygens (including phenoxy) is 1. The van der Waals surface area contributed by atoms with Crippen molar-refractivity contribution in [3.05, 3.63) is 77.9 Å². The summed E-state index contributed by atoms with van der Waals surface area (Å²) in [5.74, 6) is 0.804. The van der Waals surface area contributed by atoms with Gasteiger partial charge < -0.3 is 4.74 Å². The van der Waals surface area contributed by atoms with Crippen LogP contribution in [-0.4, -0.2) is 12.9 Å². The summed E-state index contributed by atoms with van der Waals surface area (Å²) in [6.07, 6.45) is 0.781. The van der Waals surface area contributed by atoms with E-state index in [-0.39, 0.29) is 11.7 Å². The molecule has 3 aromatic rings. The van der Waals surface area contributed by atoms with Crippen molar-refractivity contribution in [1.82, 2.24) is 0 Å². The molecule has 0 bridgehead atoms. The minimum Gasteiger partial charge on any atom is -0.497 e. The van der Waals surface area contributed by atoms with Crippen LogP contribution in [0.3, 0.4) is 0 Å². The van der Waals surface area contributed by atoms with E-state index in [0.717, 1.165) is 23.3 Å². The molecule has 0 N–H and O–H groups in total. The highest BCUT2D eigenvalue weighted by molar-refractivity contribution is 6.01. The summed E-state index contributed by atoms with van der Waals surface area (Å²) in [6.45, 7) is 2.06. The first-order chi connectivity index (χ1) is 11.2. The highest BCUT2D eigenvalue weighted by atomic mass is 16.5. The average Bonchev–Trinajstić information content (AvgIpc) is 2.62. The summed E-state index contributed by atoms with van der Waals surface area (Å²) < 4.78 is 5.16. The van der Waals surface area contributed by atoms with Crippen LogP contribution >= 0.6 is 0 Å². The predicted molar refractivity (Wildman–Crippen MR) is 94.3 cm³/mol. The molecule has 0 radical (unpaired) electrons. The number of ketones is 1. The smallest absolute Gasteiger partial charge is 0.170 e. The number of carbonyl (C=O) groups is 1. The van der Waals surface area contributed by atoms with Crippen LogP contribution in [0.15, 0.2) is 66.7 Å². The highest BCUT2D eigenvalue weighted by Gasteiger charge is 2.20. The molecule has 116 valence electrons. The van der Waals surface area contributed by atoms with Crippen molar-refractivity contribution < 1.29 is 9.53 Å². The number of hydrogen-bond donors (Lipinski definition) is 0.